The largest absolute Gasteiger partial charge is 0.494 e. The Morgan fingerprint density at radius 2 is 2.08 bits per heavy atom. The van der Waals surface area contributed by atoms with Crippen molar-refractivity contribution in [1.29, 1.82) is 0 Å². The number of anilines is 2. The van der Waals surface area contributed by atoms with E-state index >= 15 is 0 Å². The molecule has 0 fully saturated rings. The van der Waals surface area contributed by atoms with Crippen LogP contribution in [-0.4, -0.2) is 18.9 Å². The van der Waals surface area contributed by atoms with E-state index in [1.54, 1.807) is 36.4 Å². The molecule has 0 aliphatic carbocycles. The number of ether oxygens (including phenoxy) is 1. The van der Waals surface area contributed by atoms with E-state index in [-0.39, 0.29) is 11.8 Å². The van der Waals surface area contributed by atoms with Crippen LogP contribution in [0.15, 0.2) is 47.1 Å². The SMILES string of the molecule is CCCCC(=O)Nc1ccc(NC(=O)/C=C/c2ccco2)cc1OC. The summed E-state index contributed by atoms with van der Waals surface area (Å²) < 4.78 is 10.4. The van der Waals surface area contributed by atoms with Crippen LogP contribution < -0.4 is 15.4 Å². The number of methoxy groups -OCH3 is 1. The molecular formula is C19H22N2O4. The van der Waals surface area contributed by atoms with Crippen molar-refractivity contribution < 1.29 is 18.7 Å². The van der Waals surface area contributed by atoms with Gasteiger partial charge >= 0.3 is 0 Å². The monoisotopic (exact) mass is 342 g/mol. The van der Waals surface area contributed by atoms with Crippen LogP contribution >= 0.6 is 0 Å². The number of carbonyl (C=O) groups excluding carboxylic acids is 2. The third-order valence-corrected chi connectivity index (χ3v) is 3.44. The molecule has 0 unspecified atom stereocenters. The van der Waals surface area contributed by atoms with E-state index in [0.29, 0.717) is 29.3 Å². The van der Waals surface area contributed by atoms with E-state index in [1.165, 1.54) is 19.4 Å². The summed E-state index contributed by atoms with van der Waals surface area (Å²) in [5.74, 6) is 0.729. The second kappa shape index (κ2) is 9.32. The predicted octanol–water partition coefficient (Wildman–Crippen LogP) is 4.07. The van der Waals surface area contributed by atoms with Crippen LogP contribution in [0.2, 0.25) is 0 Å². The predicted molar refractivity (Wildman–Crippen MR) is 97.5 cm³/mol. The van der Waals surface area contributed by atoms with E-state index < -0.39 is 0 Å². The number of furan rings is 1. The molecule has 0 spiro atoms. The van der Waals surface area contributed by atoms with Crippen LogP contribution in [0.3, 0.4) is 0 Å². The zero-order valence-electron chi connectivity index (χ0n) is 14.4. The lowest BCUT2D eigenvalue weighted by Gasteiger charge is -2.12. The standard InChI is InChI=1S/C19H22N2O4/c1-3-4-7-18(22)21-16-10-8-14(13-17(16)24-2)20-19(23)11-9-15-6-5-12-25-15/h5-6,8-13H,3-4,7H2,1-2H3,(H,20,23)(H,21,22)/b11-9+. The Labute approximate surface area is 146 Å². The van der Waals surface area contributed by atoms with E-state index in [2.05, 4.69) is 10.6 Å². The quantitative estimate of drug-likeness (QED) is 0.709. The summed E-state index contributed by atoms with van der Waals surface area (Å²) in [6, 6.07) is 8.57. The molecule has 6 nitrogen and oxygen atoms in total. The highest BCUT2D eigenvalue weighted by atomic mass is 16.5. The zero-order valence-corrected chi connectivity index (χ0v) is 14.4. The van der Waals surface area contributed by atoms with Crippen LogP contribution in [0.25, 0.3) is 6.08 Å². The summed E-state index contributed by atoms with van der Waals surface area (Å²) in [6.45, 7) is 2.03. The van der Waals surface area contributed by atoms with Crippen molar-refractivity contribution in [3.05, 3.63) is 48.4 Å². The lowest BCUT2D eigenvalue weighted by molar-refractivity contribution is -0.116. The average Bonchev–Trinajstić information content (AvgIpc) is 3.13. The molecule has 132 valence electrons. The highest BCUT2D eigenvalue weighted by Gasteiger charge is 2.09. The molecule has 0 aliphatic heterocycles. The normalized spacial score (nSPS) is 10.6. The van der Waals surface area contributed by atoms with Gasteiger partial charge < -0.3 is 19.8 Å². The number of hydrogen-bond donors (Lipinski definition) is 2. The number of hydrogen-bond acceptors (Lipinski definition) is 4. The fourth-order valence-electron chi connectivity index (χ4n) is 2.15. The second-order valence-electron chi connectivity index (χ2n) is 5.40. The number of benzene rings is 1. The van der Waals surface area contributed by atoms with Crippen molar-refractivity contribution in [1.82, 2.24) is 0 Å². The lowest BCUT2D eigenvalue weighted by Crippen LogP contribution is -2.12. The second-order valence-corrected chi connectivity index (χ2v) is 5.40. The number of rotatable bonds is 8. The van der Waals surface area contributed by atoms with Gasteiger partial charge in [-0.25, -0.2) is 0 Å². The molecule has 2 aromatic rings. The maximum Gasteiger partial charge on any atom is 0.248 e. The molecule has 0 radical (unpaired) electrons. The molecule has 6 heteroatoms. The summed E-state index contributed by atoms with van der Waals surface area (Å²) >= 11 is 0. The van der Waals surface area contributed by atoms with Gasteiger partial charge in [0.2, 0.25) is 11.8 Å². The van der Waals surface area contributed by atoms with E-state index in [1.807, 2.05) is 6.92 Å². The number of unbranched alkanes of at least 4 members (excludes halogenated alkanes) is 1. The van der Waals surface area contributed by atoms with Crippen molar-refractivity contribution in [2.24, 2.45) is 0 Å². The molecule has 2 rings (SSSR count). The first-order valence-electron chi connectivity index (χ1n) is 8.13. The molecule has 0 aliphatic rings. The van der Waals surface area contributed by atoms with E-state index in [0.717, 1.165) is 12.8 Å². The Hall–Kier alpha value is -3.02. The topological polar surface area (TPSA) is 80.6 Å². The fraction of sp³-hybridized carbons (Fsp3) is 0.263. The van der Waals surface area contributed by atoms with Gasteiger partial charge in [-0.1, -0.05) is 13.3 Å². The van der Waals surface area contributed by atoms with Gasteiger partial charge in [-0.05, 0) is 36.8 Å². The number of amides is 2. The first-order valence-corrected chi connectivity index (χ1v) is 8.13. The molecule has 1 heterocycles. The minimum absolute atomic E-state index is 0.0571. The molecule has 2 amide bonds. The van der Waals surface area contributed by atoms with Gasteiger partial charge in [0, 0.05) is 24.3 Å². The molecular weight excluding hydrogens is 320 g/mol. The molecule has 1 aromatic heterocycles. The van der Waals surface area contributed by atoms with Crippen LogP contribution in [0.4, 0.5) is 11.4 Å². The third-order valence-electron chi connectivity index (χ3n) is 3.44. The fourth-order valence-corrected chi connectivity index (χ4v) is 2.15. The Morgan fingerprint density at radius 3 is 2.76 bits per heavy atom. The van der Waals surface area contributed by atoms with Crippen molar-refractivity contribution in [2.75, 3.05) is 17.7 Å². The smallest absolute Gasteiger partial charge is 0.248 e. The maximum atomic E-state index is 11.9. The number of carbonyl (C=O) groups is 2. The van der Waals surface area contributed by atoms with Crippen molar-refractivity contribution in [3.63, 3.8) is 0 Å². The Bertz CT molecular complexity index is 736. The minimum Gasteiger partial charge on any atom is -0.494 e. The highest BCUT2D eigenvalue weighted by molar-refractivity contribution is 6.02. The minimum atomic E-state index is -0.293. The van der Waals surface area contributed by atoms with Gasteiger partial charge in [0.05, 0.1) is 19.1 Å². The molecule has 1 aromatic carbocycles. The highest BCUT2D eigenvalue weighted by Crippen LogP contribution is 2.28. The summed E-state index contributed by atoms with van der Waals surface area (Å²) in [5.41, 5.74) is 1.14. The molecule has 0 bridgehead atoms. The first-order chi connectivity index (χ1) is 12.1. The Morgan fingerprint density at radius 1 is 1.24 bits per heavy atom. The lowest BCUT2D eigenvalue weighted by atomic mass is 10.2. The molecule has 25 heavy (non-hydrogen) atoms. The molecule has 2 N–H and O–H groups in total. The zero-order chi connectivity index (χ0) is 18.1. The van der Waals surface area contributed by atoms with Gasteiger partial charge in [-0.15, -0.1) is 0 Å². The van der Waals surface area contributed by atoms with E-state index in [9.17, 15) is 9.59 Å². The average molecular weight is 342 g/mol. The molecule has 0 saturated carbocycles. The van der Waals surface area contributed by atoms with Crippen LogP contribution in [0.5, 0.6) is 5.75 Å². The van der Waals surface area contributed by atoms with Crippen molar-refractivity contribution in [2.45, 2.75) is 26.2 Å². The van der Waals surface area contributed by atoms with E-state index in [4.69, 9.17) is 9.15 Å². The van der Waals surface area contributed by atoms with Gasteiger partial charge in [-0.2, -0.15) is 0 Å². The maximum absolute atomic E-state index is 11.9. The van der Waals surface area contributed by atoms with Gasteiger partial charge in [-0.3, -0.25) is 9.59 Å². The van der Waals surface area contributed by atoms with Crippen molar-refractivity contribution >= 4 is 29.3 Å². The summed E-state index contributed by atoms with van der Waals surface area (Å²) in [5, 5.41) is 5.55. The molecule has 0 atom stereocenters. The summed E-state index contributed by atoms with van der Waals surface area (Å²) in [4.78, 5) is 23.8. The van der Waals surface area contributed by atoms with Gasteiger partial charge in [0.1, 0.15) is 11.5 Å². The summed E-state index contributed by atoms with van der Waals surface area (Å²) in [6.07, 6.45) is 6.76. The van der Waals surface area contributed by atoms with Crippen molar-refractivity contribution in [3.8, 4) is 5.75 Å². The van der Waals surface area contributed by atoms with Crippen LogP contribution in [-0.2, 0) is 9.59 Å². The Balaban J connectivity index is 2.00. The van der Waals surface area contributed by atoms with Gasteiger partial charge in [0.25, 0.3) is 0 Å². The third kappa shape index (κ3) is 5.84. The first kappa shape index (κ1) is 18.3. The van der Waals surface area contributed by atoms with Gasteiger partial charge in [0.15, 0.2) is 0 Å². The van der Waals surface area contributed by atoms with Crippen LogP contribution in [0.1, 0.15) is 31.9 Å². The number of nitrogens with one attached hydrogen (secondary N) is 2. The molecule has 0 saturated heterocycles. The summed E-state index contributed by atoms with van der Waals surface area (Å²) in [7, 11) is 1.51. The van der Waals surface area contributed by atoms with Crippen LogP contribution in [0, 0.1) is 0 Å². The Kier molecular flexibility index (Phi) is 6.83.